The van der Waals surface area contributed by atoms with Crippen LogP contribution < -0.4 is 0 Å². The van der Waals surface area contributed by atoms with Gasteiger partial charge in [-0.3, -0.25) is 4.79 Å². The summed E-state index contributed by atoms with van der Waals surface area (Å²) in [5.41, 5.74) is 3.83. The van der Waals surface area contributed by atoms with Gasteiger partial charge >= 0.3 is 5.97 Å². The molecule has 0 spiro atoms. The monoisotopic (exact) mass is 296 g/mol. The van der Waals surface area contributed by atoms with Crippen molar-refractivity contribution in [3.63, 3.8) is 0 Å². The Balaban J connectivity index is 2.42. The van der Waals surface area contributed by atoms with E-state index in [4.69, 9.17) is 4.74 Å². The first kappa shape index (κ1) is 16.0. The quantitative estimate of drug-likeness (QED) is 0.860. The molecule has 3 nitrogen and oxygen atoms in total. The number of carbonyl (C=O) groups excluding carboxylic acids is 1. The lowest BCUT2D eigenvalue weighted by atomic mass is 9.93. The third-order valence-corrected chi connectivity index (χ3v) is 3.63. The normalized spacial score (nSPS) is 12.8. The Bertz CT molecular complexity index is 659. The summed E-state index contributed by atoms with van der Waals surface area (Å²) in [7, 11) is 1.39. The van der Waals surface area contributed by atoms with Gasteiger partial charge in [-0.05, 0) is 29.2 Å². The average Bonchev–Trinajstić information content (AvgIpc) is 2.59. The smallest absolute Gasteiger partial charge is 0.312 e. The standard InChI is InChI=1S/C19H20O3/c1-14(19(21)22-2)16-9-6-10-17(13-16)18(11-12-20)15-7-4-3-5-8-15/h3-11,13-14,20H,12H2,1-2H3/b18-11-. The van der Waals surface area contributed by atoms with Gasteiger partial charge in [-0.15, -0.1) is 0 Å². The van der Waals surface area contributed by atoms with E-state index < -0.39 is 0 Å². The van der Waals surface area contributed by atoms with Crippen LogP contribution in [0.25, 0.3) is 5.57 Å². The van der Waals surface area contributed by atoms with Gasteiger partial charge in [0.05, 0.1) is 19.6 Å². The zero-order chi connectivity index (χ0) is 15.9. The molecule has 0 saturated carbocycles. The van der Waals surface area contributed by atoms with Gasteiger partial charge in [0.15, 0.2) is 0 Å². The van der Waals surface area contributed by atoms with Gasteiger partial charge in [0.1, 0.15) is 0 Å². The third-order valence-electron chi connectivity index (χ3n) is 3.63. The second kappa shape index (κ2) is 7.57. The fourth-order valence-electron chi connectivity index (χ4n) is 2.40. The molecule has 2 aromatic rings. The molecular weight excluding hydrogens is 276 g/mol. The van der Waals surface area contributed by atoms with Gasteiger partial charge in [-0.25, -0.2) is 0 Å². The van der Waals surface area contributed by atoms with Crippen LogP contribution in [0.4, 0.5) is 0 Å². The number of hydrogen-bond donors (Lipinski definition) is 1. The van der Waals surface area contributed by atoms with Gasteiger partial charge in [-0.2, -0.15) is 0 Å². The minimum absolute atomic E-state index is 0.0407. The van der Waals surface area contributed by atoms with Crippen molar-refractivity contribution in [2.24, 2.45) is 0 Å². The van der Waals surface area contributed by atoms with Crippen LogP contribution in [-0.4, -0.2) is 24.8 Å². The first-order valence-corrected chi connectivity index (χ1v) is 7.22. The predicted octanol–water partition coefficient (Wildman–Crippen LogP) is 3.39. The van der Waals surface area contributed by atoms with Crippen molar-refractivity contribution in [2.45, 2.75) is 12.8 Å². The zero-order valence-corrected chi connectivity index (χ0v) is 12.8. The largest absolute Gasteiger partial charge is 0.469 e. The molecule has 1 unspecified atom stereocenters. The molecule has 0 aliphatic carbocycles. The van der Waals surface area contributed by atoms with E-state index in [1.807, 2.05) is 61.5 Å². The van der Waals surface area contributed by atoms with Crippen molar-refractivity contribution in [3.8, 4) is 0 Å². The maximum absolute atomic E-state index is 11.7. The van der Waals surface area contributed by atoms with Crippen LogP contribution in [-0.2, 0) is 9.53 Å². The molecule has 1 atom stereocenters. The molecule has 0 aromatic heterocycles. The molecule has 0 aliphatic heterocycles. The summed E-state index contributed by atoms with van der Waals surface area (Å²) in [6, 6.07) is 17.6. The summed E-state index contributed by atoms with van der Waals surface area (Å²) in [6.45, 7) is 1.78. The highest BCUT2D eigenvalue weighted by atomic mass is 16.5. The van der Waals surface area contributed by atoms with Gasteiger partial charge in [0, 0.05) is 0 Å². The molecule has 0 saturated heterocycles. The van der Waals surface area contributed by atoms with Gasteiger partial charge in [0.25, 0.3) is 0 Å². The van der Waals surface area contributed by atoms with Crippen LogP contribution in [0.15, 0.2) is 60.7 Å². The summed E-state index contributed by atoms with van der Waals surface area (Å²) in [5.74, 6) is -0.583. The van der Waals surface area contributed by atoms with Crippen LogP contribution >= 0.6 is 0 Å². The number of ether oxygens (including phenoxy) is 1. The molecule has 0 aliphatic rings. The summed E-state index contributed by atoms with van der Waals surface area (Å²) in [4.78, 5) is 11.7. The first-order valence-electron chi connectivity index (χ1n) is 7.22. The maximum Gasteiger partial charge on any atom is 0.312 e. The van der Waals surface area contributed by atoms with E-state index in [1.54, 1.807) is 6.08 Å². The molecule has 0 bridgehead atoms. The Kier molecular flexibility index (Phi) is 5.50. The Hall–Kier alpha value is -2.39. The summed E-state index contributed by atoms with van der Waals surface area (Å²) >= 11 is 0. The fourth-order valence-corrected chi connectivity index (χ4v) is 2.40. The number of aliphatic hydroxyl groups excluding tert-OH is 1. The van der Waals surface area contributed by atoms with E-state index >= 15 is 0 Å². The van der Waals surface area contributed by atoms with E-state index in [1.165, 1.54) is 7.11 Å². The van der Waals surface area contributed by atoms with Gasteiger partial charge < -0.3 is 9.84 Å². The Morgan fingerprint density at radius 1 is 1.14 bits per heavy atom. The van der Waals surface area contributed by atoms with Crippen molar-refractivity contribution in [3.05, 3.63) is 77.4 Å². The SMILES string of the molecule is COC(=O)C(C)c1cccc(/C(=C\CO)c2ccccc2)c1. The number of esters is 1. The molecule has 0 amide bonds. The van der Waals surface area contributed by atoms with E-state index in [9.17, 15) is 9.90 Å². The molecule has 114 valence electrons. The highest BCUT2D eigenvalue weighted by molar-refractivity contribution is 5.82. The van der Waals surface area contributed by atoms with E-state index in [0.29, 0.717) is 0 Å². The molecule has 2 aromatic carbocycles. The van der Waals surface area contributed by atoms with E-state index in [2.05, 4.69) is 0 Å². The van der Waals surface area contributed by atoms with Gasteiger partial charge in [-0.1, -0.05) is 60.7 Å². The molecule has 0 radical (unpaired) electrons. The number of methoxy groups -OCH3 is 1. The topological polar surface area (TPSA) is 46.5 Å². The number of rotatable bonds is 5. The van der Waals surface area contributed by atoms with Crippen LogP contribution in [0.3, 0.4) is 0 Å². The second-order valence-corrected chi connectivity index (χ2v) is 5.04. The van der Waals surface area contributed by atoms with Crippen LogP contribution in [0.1, 0.15) is 29.5 Å². The summed E-state index contributed by atoms with van der Waals surface area (Å²) < 4.78 is 4.81. The first-order chi connectivity index (χ1) is 10.7. The van der Waals surface area contributed by atoms with Crippen molar-refractivity contribution in [1.29, 1.82) is 0 Å². The summed E-state index contributed by atoms with van der Waals surface area (Å²) in [6.07, 6.45) is 1.78. The van der Waals surface area contributed by atoms with Crippen LogP contribution in [0, 0.1) is 0 Å². The molecule has 1 N–H and O–H groups in total. The fraction of sp³-hybridized carbons (Fsp3) is 0.211. The van der Waals surface area contributed by atoms with Crippen molar-refractivity contribution >= 4 is 11.5 Å². The predicted molar refractivity (Wildman–Crippen MR) is 87.5 cm³/mol. The lowest BCUT2D eigenvalue weighted by Crippen LogP contribution is -2.10. The van der Waals surface area contributed by atoms with Crippen LogP contribution in [0.5, 0.6) is 0 Å². The highest BCUT2D eigenvalue weighted by Crippen LogP contribution is 2.26. The molecule has 0 fully saturated rings. The molecule has 0 heterocycles. The number of benzene rings is 2. The molecular formula is C19H20O3. The summed E-state index contributed by atoms with van der Waals surface area (Å²) in [5, 5.41) is 9.31. The Labute approximate surface area is 130 Å². The van der Waals surface area contributed by atoms with Crippen molar-refractivity contribution in [2.75, 3.05) is 13.7 Å². The highest BCUT2D eigenvalue weighted by Gasteiger charge is 2.16. The van der Waals surface area contributed by atoms with Crippen LogP contribution in [0.2, 0.25) is 0 Å². The third kappa shape index (κ3) is 3.62. The Morgan fingerprint density at radius 2 is 1.82 bits per heavy atom. The lowest BCUT2D eigenvalue weighted by Gasteiger charge is -2.13. The molecule has 2 rings (SSSR count). The van der Waals surface area contributed by atoms with Gasteiger partial charge in [0.2, 0.25) is 0 Å². The number of hydrogen-bond acceptors (Lipinski definition) is 3. The van der Waals surface area contributed by atoms with Crippen molar-refractivity contribution < 1.29 is 14.6 Å². The molecule has 22 heavy (non-hydrogen) atoms. The average molecular weight is 296 g/mol. The minimum atomic E-state index is -0.323. The minimum Gasteiger partial charge on any atom is -0.469 e. The molecule has 3 heteroatoms. The Morgan fingerprint density at radius 3 is 2.45 bits per heavy atom. The number of aliphatic hydroxyl groups is 1. The number of carbonyl (C=O) groups is 1. The second-order valence-electron chi connectivity index (χ2n) is 5.04. The van der Waals surface area contributed by atoms with Crippen molar-refractivity contribution in [1.82, 2.24) is 0 Å². The lowest BCUT2D eigenvalue weighted by molar-refractivity contribution is -0.141. The van der Waals surface area contributed by atoms with E-state index in [-0.39, 0.29) is 18.5 Å². The maximum atomic E-state index is 11.7. The van der Waals surface area contributed by atoms with E-state index in [0.717, 1.165) is 22.3 Å². The zero-order valence-electron chi connectivity index (χ0n) is 12.8.